The molecule has 0 saturated carbocycles. The van der Waals surface area contributed by atoms with Crippen molar-refractivity contribution in [1.82, 2.24) is 20.8 Å². The molecule has 1 aromatic heterocycles. The molecule has 0 aliphatic carbocycles. The second-order valence-corrected chi connectivity index (χ2v) is 12.9. The van der Waals surface area contributed by atoms with Gasteiger partial charge in [-0.1, -0.05) is 55.8 Å². The number of hydrogen-bond acceptors (Lipinski definition) is 9. The van der Waals surface area contributed by atoms with Gasteiger partial charge in [0.1, 0.15) is 0 Å². The number of hydrogen-bond donors (Lipinski definition) is 4. The smallest absolute Gasteiger partial charge is 0.258 e. The van der Waals surface area contributed by atoms with Gasteiger partial charge in [0.15, 0.2) is 17.3 Å². The Bertz CT molecular complexity index is 1740. The van der Waals surface area contributed by atoms with Crippen LogP contribution in [-0.2, 0) is 12.8 Å². The Hall–Kier alpha value is -5.23. The van der Waals surface area contributed by atoms with Crippen molar-refractivity contribution in [2.45, 2.75) is 77.0 Å². The molecule has 0 aliphatic heterocycles. The molecular weight excluding hydrogens is 660 g/mol. The minimum atomic E-state index is -0.507. The fraction of sp³-hybridized carbons (Fsp3) is 0.425. The van der Waals surface area contributed by atoms with Crippen LogP contribution < -0.4 is 31.6 Å². The standard InChI is InChI=1S/C40H52N6O6/c1-50-34-21-19-32(27-35(34)51-2)40-45-36(46-52-40)25-28-14-16-29(17-15-28)39(49)44-24-12-7-4-3-6-10-22-43-23-11-8-5-9-13-30-26-31(37(41)47)18-20-33(30)38(42)48/h14-21,26-27,43H,3-13,22-25H2,1-2H3,(H2,41,47)(H2,42,48)(H,44,49). The summed E-state index contributed by atoms with van der Waals surface area (Å²) in [6.07, 6.45) is 12.1. The van der Waals surface area contributed by atoms with Crippen LogP contribution >= 0.6 is 0 Å². The summed E-state index contributed by atoms with van der Waals surface area (Å²) in [6.45, 7) is 2.68. The van der Waals surface area contributed by atoms with E-state index >= 15 is 0 Å². The number of aryl methyl sites for hydroxylation is 1. The van der Waals surface area contributed by atoms with Crippen LogP contribution in [0.1, 0.15) is 112 Å². The quantitative estimate of drug-likeness (QED) is 0.0632. The fourth-order valence-electron chi connectivity index (χ4n) is 5.99. The van der Waals surface area contributed by atoms with Gasteiger partial charge in [0.05, 0.1) is 14.2 Å². The van der Waals surface area contributed by atoms with Crippen LogP contribution in [-0.4, -0.2) is 61.7 Å². The summed E-state index contributed by atoms with van der Waals surface area (Å²) in [4.78, 5) is 40.3. The van der Waals surface area contributed by atoms with Crippen LogP contribution in [0.5, 0.6) is 11.5 Å². The van der Waals surface area contributed by atoms with Gasteiger partial charge in [0.2, 0.25) is 11.8 Å². The van der Waals surface area contributed by atoms with Crippen molar-refractivity contribution in [2.75, 3.05) is 33.9 Å². The first-order chi connectivity index (χ1) is 25.3. The Labute approximate surface area is 306 Å². The van der Waals surface area contributed by atoms with Crippen LogP contribution in [0, 0.1) is 0 Å². The van der Waals surface area contributed by atoms with E-state index in [0.29, 0.717) is 59.3 Å². The van der Waals surface area contributed by atoms with Crippen molar-refractivity contribution < 1.29 is 28.4 Å². The minimum Gasteiger partial charge on any atom is -0.493 e. The first-order valence-electron chi connectivity index (χ1n) is 18.1. The Morgan fingerprint density at radius 3 is 1.98 bits per heavy atom. The molecular formula is C40H52N6O6. The van der Waals surface area contributed by atoms with E-state index in [4.69, 9.17) is 25.5 Å². The number of primary amides is 2. The maximum atomic E-state index is 12.6. The predicted molar refractivity (Wildman–Crippen MR) is 201 cm³/mol. The molecule has 0 aliphatic rings. The number of nitrogens with one attached hydrogen (secondary N) is 2. The van der Waals surface area contributed by atoms with Crippen molar-refractivity contribution in [1.29, 1.82) is 0 Å². The molecule has 6 N–H and O–H groups in total. The molecule has 12 heteroatoms. The third kappa shape index (κ3) is 12.5. The van der Waals surface area contributed by atoms with E-state index in [9.17, 15) is 14.4 Å². The Morgan fingerprint density at radius 1 is 0.692 bits per heavy atom. The summed E-state index contributed by atoms with van der Waals surface area (Å²) in [7, 11) is 3.16. The molecule has 0 radical (unpaired) electrons. The average Bonchev–Trinajstić information content (AvgIpc) is 3.62. The number of aromatic nitrogens is 2. The highest BCUT2D eigenvalue weighted by atomic mass is 16.5. The number of nitrogens with zero attached hydrogens (tertiary/aromatic N) is 2. The second-order valence-electron chi connectivity index (χ2n) is 12.9. The number of nitrogens with two attached hydrogens (primary N) is 2. The van der Waals surface area contributed by atoms with Gasteiger partial charge in [-0.15, -0.1) is 0 Å². The minimum absolute atomic E-state index is 0.0693. The number of carbonyl (C=O) groups excluding carboxylic acids is 3. The van der Waals surface area contributed by atoms with E-state index in [2.05, 4.69) is 20.8 Å². The van der Waals surface area contributed by atoms with Crippen LogP contribution in [0.4, 0.5) is 0 Å². The third-order valence-corrected chi connectivity index (χ3v) is 8.95. The summed E-state index contributed by atoms with van der Waals surface area (Å²) in [6, 6.07) is 17.7. The van der Waals surface area contributed by atoms with E-state index in [0.717, 1.165) is 81.1 Å². The molecule has 0 unspecified atom stereocenters. The van der Waals surface area contributed by atoms with Crippen LogP contribution in [0.25, 0.3) is 11.5 Å². The third-order valence-electron chi connectivity index (χ3n) is 8.95. The Kier molecular flexibility index (Phi) is 16.1. The summed E-state index contributed by atoms with van der Waals surface area (Å²) >= 11 is 0. The second kappa shape index (κ2) is 21.2. The lowest BCUT2D eigenvalue weighted by Crippen LogP contribution is -2.24. The highest BCUT2D eigenvalue weighted by Crippen LogP contribution is 2.31. The van der Waals surface area contributed by atoms with Crippen molar-refractivity contribution in [3.8, 4) is 23.0 Å². The van der Waals surface area contributed by atoms with Gasteiger partial charge < -0.3 is 36.1 Å². The largest absolute Gasteiger partial charge is 0.493 e. The highest BCUT2D eigenvalue weighted by molar-refractivity contribution is 5.98. The van der Waals surface area contributed by atoms with E-state index in [1.165, 1.54) is 12.8 Å². The van der Waals surface area contributed by atoms with Gasteiger partial charge in [0, 0.05) is 35.2 Å². The number of carbonyl (C=O) groups is 3. The predicted octanol–water partition coefficient (Wildman–Crippen LogP) is 6.01. The summed E-state index contributed by atoms with van der Waals surface area (Å²) in [5.74, 6) is 1.09. The summed E-state index contributed by atoms with van der Waals surface area (Å²) in [5.41, 5.74) is 14.8. The maximum absolute atomic E-state index is 12.6. The Morgan fingerprint density at radius 2 is 1.33 bits per heavy atom. The number of methoxy groups -OCH3 is 2. The van der Waals surface area contributed by atoms with Crippen molar-refractivity contribution >= 4 is 17.7 Å². The molecule has 1 heterocycles. The van der Waals surface area contributed by atoms with Gasteiger partial charge in [-0.3, -0.25) is 14.4 Å². The van der Waals surface area contributed by atoms with Crippen LogP contribution in [0.3, 0.4) is 0 Å². The molecule has 4 rings (SSSR count). The van der Waals surface area contributed by atoms with Crippen molar-refractivity contribution in [3.63, 3.8) is 0 Å². The molecule has 3 amide bonds. The normalized spacial score (nSPS) is 11.0. The van der Waals surface area contributed by atoms with E-state index in [-0.39, 0.29) is 5.91 Å². The zero-order valence-corrected chi connectivity index (χ0v) is 30.4. The fourth-order valence-corrected chi connectivity index (χ4v) is 5.99. The number of amides is 3. The molecule has 0 fully saturated rings. The number of unbranched alkanes of at least 4 members (excludes halogenated alkanes) is 8. The lowest BCUT2D eigenvalue weighted by atomic mass is 9.97. The highest BCUT2D eigenvalue weighted by Gasteiger charge is 2.14. The van der Waals surface area contributed by atoms with Crippen molar-refractivity contribution in [3.05, 3.63) is 94.3 Å². The van der Waals surface area contributed by atoms with Gasteiger partial charge >= 0.3 is 0 Å². The van der Waals surface area contributed by atoms with E-state index in [1.54, 1.807) is 44.6 Å². The van der Waals surface area contributed by atoms with Gasteiger partial charge in [-0.05, 0) is 105 Å². The molecule has 0 saturated heterocycles. The lowest BCUT2D eigenvalue weighted by molar-refractivity contribution is 0.0950. The lowest BCUT2D eigenvalue weighted by Gasteiger charge is -2.09. The molecule has 3 aromatic carbocycles. The van der Waals surface area contributed by atoms with E-state index < -0.39 is 11.8 Å². The molecule has 0 spiro atoms. The number of rotatable bonds is 24. The van der Waals surface area contributed by atoms with E-state index in [1.807, 2.05) is 30.3 Å². The SMILES string of the molecule is COc1ccc(-c2nc(Cc3ccc(C(=O)NCCCCCCCCNCCCCCCc4cc(C(N)=O)ccc4C(N)=O)cc3)no2)cc1OC. The summed E-state index contributed by atoms with van der Waals surface area (Å²) < 4.78 is 16.1. The molecule has 52 heavy (non-hydrogen) atoms. The molecule has 0 bridgehead atoms. The maximum Gasteiger partial charge on any atom is 0.258 e. The summed E-state index contributed by atoms with van der Waals surface area (Å²) in [5, 5.41) is 10.7. The molecule has 12 nitrogen and oxygen atoms in total. The topological polar surface area (TPSA) is 185 Å². The zero-order valence-electron chi connectivity index (χ0n) is 30.4. The first-order valence-corrected chi connectivity index (χ1v) is 18.1. The van der Waals surface area contributed by atoms with Crippen molar-refractivity contribution in [2.24, 2.45) is 11.5 Å². The van der Waals surface area contributed by atoms with Crippen LogP contribution in [0.15, 0.2) is 65.2 Å². The van der Waals surface area contributed by atoms with Gasteiger partial charge in [0.25, 0.3) is 11.8 Å². The van der Waals surface area contributed by atoms with Crippen LogP contribution in [0.2, 0.25) is 0 Å². The average molecular weight is 713 g/mol. The van der Waals surface area contributed by atoms with Gasteiger partial charge in [-0.25, -0.2) is 0 Å². The molecule has 0 atom stereocenters. The Balaban J connectivity index is 0.989. The monoisotopic (exact) mass is 712 g/mol. The zero-order chi connectivity index (χ0) is 37.1. The molecule has 4 aromatic rings. The molecule has 278 valence electrons. The van der Waals surface area contributed by atoms with Gasteiger partial charge in [-0.2, -0.15) is 4.98 Å². The number of benzene rings is 3. The number of ether oxygens (including phenoxy) is 2. The first kappa shape index (κ1) is 39.6.